The molecule has 2 unspecified atom stereocenters. The largest absolute Gasteiger partial charge is 0.303 e. The second-order valence-corrected chi connectivity index (χ2v) is 5.05. The molecule has 1 nitrogen and oxygen atoms in total. The summed E-state index contributed by atoms with van der Waals surface area (Å²) in [5.74, 6) is 1.09. The predicted octanol–water partition coefficient (Wildman–Crippen LogP) is 3.33. The molecule has 2 aliphatic rings. The molecule has 1 saturated heterocycles. The van der Waals surface area contributed by atoms with Crippen LogP contribution < -0.4 is 0 Å². The van der Waals surface area contributed by atoms with E-state index in [4.69, 9.17) is 0 Å². The maximum atomic E-state index is 2.64. The zero-order valence-electron chi connectivity index (χ0n) is 9.59. The van der Waals surface area contributed by atoms with Crippen molar-refractivity contribution in [1.29, 1.82) is 0 Å². The number of likely N-dealkylation sites (tertiary alicyclic amines) is 1. The van der Waals surface area contributed by atoms with Gasteiger partial charge in [0, 0.05) is 13.1 Å². The van der Waals surface area contributed by atoms with Crippen LogP contribution in [0.1, 0.15) is 46.0 Å². The summed E-state index contributed by atoms with van der Waals surface area (Å²) in [6, 6.07) is 0. The van der Waals surface area contributed by atoms with E-state index in [0.717, 1.165) is 11.3 Å². The van der Waals surface area contributed by atoms with Gasteiger partial charge in [0.25, 0.3) is 0 Å². The Morgan fingerprint density at radius 3 is 2.64 bits per heavy atom. The van der Waals surface area contributed by atoms with Crippen molar-refractivity contribution in [2.75, 3.05) is 19.6 Å². The Kier molecular flexibility index (Phi) is 4.27. The van der Waals surface area contributed by atoms with Crippen molar-refractivity contribution in [3.8, 4) is 0 Å². The number of piperidine rings is 1. The Morgan fingerprint density at radius 1 is 1.29 bits per heavy atom. The van der Waals surface area contributed by atoms with Gasteiger partial charge in [-0.25, -0.2) is 0 Å². The molecule has 1 aliphatic heterocycles. The van der Waals surface area contributed by atoms with E-state index in [1.165, 1.54) is 45.3 Å². The summed E-state index contributed by atoms with van der Waals surface area (Å²) in [6.07, 6.45) is 7.36. The van der Waals surface area contributed by atoms with Crippen molar-refractivity contribution in [2.45, 2.75) is 46.0 Å². The van der Waals surface area contributed by atoms with Gasteiger partial charge in [0.1, 0.15) is 0 Å². The predicted molar refractivity (Wildman–Crippen MR) is 64.0 cm³/mol. The van der Waals surface area contributed by atoms with Crippen LogP contribution in [-0.4, -0.2) is 24.5 Å². The van der Waals surface area contributed by atoms with Gasteiger partial charge in [-0.2, -0.15) is 0 Å². The normalized spacial score (nSPS) is 35.1. The molecule has 0 bridgehead atoms. The second-order valence-electron chi connectivity index (χ2n) is 5.05. The second kappa shape index (κ2) is 4.85. The molecule has 1 aliphatic carbocycles. The minimum atomic E-state index is 0. The first-order valence-electron chi connectivity index (χ1n) is 6.03. The third-order valence-corrected chi connectivity index (χ3v) is 4.10. The van der Waals surface area contributed by atoms with Crippen LogP contribution in [0.25, 0.3) is 0 Å². The maximum Gasteiger partial charge on any atom is 0.00412 e. The van der Waals surface area contributed by atoms with Gasteiger partial charge in [0.15, 0.2) is 0 Å². The van der Waals surface area contributed by atoms with Crippen molar-refractivity contribution < 1.29 is 0 Å². The smallest absolute Gasteiger partial charge is 0.00412 e. The van der Waals surface area contributed by atoms with Crippen LogP contribution in [0.15, 0.2) is 0 Å². The van der Waals surface area contributed by atoms with E-state index in [-0.39, 0.29) is 12.4 Å². The minimum absolute atomic E-state index is 0. The zero-order chi connectivity index (χ0) is 9.31. The molecule has 0 amide bonds. The van der Waals surface area contributed by atoms with Crippen molar-refractivity contribution in [1.82, 2.24) is 4.90 Å². The molecular weight excluding hydrogens is 194 g/mol. The van der Waals surface area contributed by atoms with Crippen LogP contribution in [0, 0.1) is 11.3 Å². The number of rotatable bonds is 5. The molecule has 2 fully saturated rings. The highest BCUT2D eigenvalue weighted by molar-refractivity contribution is 5.85. The minimum Gasteiger partial charge on any atom is -0.303 e. The average molecular weight is 218 g/mol. The van der Waals surface area contributed by atoms with Gasteiger partial charge in [0.2, 0.25) is 0 Å². The molecule has 2 rings (SSSR count). The lowest BCUT2D eigenvalue weighted by molar-refractivity contribution is 0.284. The summed E-state index contributed by atoms with van der Waals surface area (Å²) in [7, 11) is 0. The first-order chi connectivity index (χ1) is 6.30. The molecule has 0 aromatic rings. The quantitative estimate of drug-likeness (QED) is 0.639. The number of unbranched alkanes of at least 4 members (excludes halogenated alkanes) is 2. The first kappa shape index (κ1) is 12.3. The van der Waals surface area contributed by atoms with Crippen LogP contribution in [0.5, 0.6) is 0 Å². The number of halogens is 1. The van der Waals surface area contributed by atoms with Crippen molar-refractivity contribution in [3.63, 3.8) is 0 Å². The monoisotopic (exact) mass is 217 g/mol. The van der Waals surface area contributed by atoms with E-state index >= 15 is 0 Å². The Bertz CT molecular complexity index is 183. The van der Waals surface area contributed by atoms with Gasteiger partial charge >= 0.3 is 0 Å². The topological polar surface area (TPSA) is 3.24 Å². The van der Waals surface area contributed by atoms with Crippen LogP contribution in [0.2, 0.25) is 0 Å². The Labute approximate surface area is 94.7 Å². The molecule has 0 radical (unpaired) electrons. The molecule has 84 valence electrons. The number of hydrogen-bond donors (Lipinski definition) is 0. The van der Waals surface area contributed by atoms with Gasteiger partial charge in [-0.15, -0.1) is 12.4 Å². The Hall–Kier alpha value is 0.250. The number of nitrogens with zero attached hydrogens (tertiary/aromatic N) is 1. The van der Waals surface area contributed by atoms with E-state index in [1.807, 2.05) is 0 Å². The highest BCUT2D eigenvalue weighted by Gasteiger charge is 2.58. The van der Waals surface area contributed by atoms with E-state index in [1.54, 1.807) is 6.42 Å². The van der Waals surface area contributed by atoms with E-state index in [0.29, 0.717) is 0 Å². The fourth-order valence-electron chi connectivity index (χ4n) is 3.06. The molecule has 2 heteroatoms. The van der Waals surface area contributed by atoms with Crippen LogP contribution in [0.4, 0.5) is 0 Å². The first-order valence-corrected chi connectivity index (χ1v) is 6.03. The average Bonchev–Trinajstić information content (AvgIpc) is 2.69. The molecule has 0 spiro atoms. The van der Waals surface area contributed by atoms with Crippen molar-refractivity contribution in [3.05, 3.63) is 0 Å². The molecular formula is C12H24ClN. The van der Waals surface area contributed by atoms with Gasteiger partial charge in [-0.3, -0.25) is 0 Å². The highest BCUT2D eigenvalue weighted by Crippen LogP contribution is 2.60. The van der Waals surface area contributed by atoms with Gasteiger partial charge in [-0.05, 0) is 30.7 Å². The van der Waals surface area contributed by atoms with Crippen molar-refractivity contribution >= 4 is 12.4 Å². The fourth-order valence-corrected chi connectivity index (χ4v) is 3.06. The van der Waals surface area contributed by atoms with E-state index < -0.39 is 0 Å². The molecule has 0 aromatic heterocycles. The zero-order valence-corrected chi connectivity index (χ0v) is 10.4. The Morgan fingerprint density at radius 2 is 2.07 bits per heavy atom. The molecule has 1 heterocycles. The molecule has 14 heavy (non-hydrogen) atoms. The summed E-state index contributed by atoms with van der Waals surface area (Å²) in [4.78, 5) is 2.64. The van der Waals surface area contributed by atoms with Gasteiger partial charge in [-0.1, -0.05) is 33.1 Å². The number of hydrogen-bond acceptors (Lipinski definition) is 1. The summed E-state index contributed by atoms with van der Waals surface area (Å²) in [5, 5.41) is 0. The van der Waals surface area contributed by atoms with E-state index in [9.17, 15) is 0 Å². The highest BCUT2D eigenvalue weighted by atomic mass is 35.5. The van der Waals surface area contributed by atoms with E-state index in [2.05, 4.69) is 18.7 Å². The van der Waals surface area contributed by atoms with Crippen molar-refractivity contribution in [2.24, 2.45) is 11.3 Å². The molecule has 2 atom stereocenters. The molecule has 0 N–H and O–H groups in total. The lowest BCUT2D eigenvalue weighted by atomic mass is 9.97. The summed E-state index contributed by atoms with van der Waals surface area (Å²) < 4.78 is 0. The summed E-state index contributed by atoms with van der Waals surface area (Å²) >= 11 is 0. The standard InChI is InChI=1S/C12H23N.ClH/c1-3-5-6-7-12-8-11(12)9-13(4-2)10-12;/h11H,3-10H2,1-2H3;1H. The van der Waals surface area contributed by atoms with Gasteiger partial charge in [0.05, 0.1) is 0 Å². The summed E-state index contributed by atoms with van der Waals surface area (Å²) in [5.41, 5.74) is 0.811. The maximum absolute atomic E-state index is 2.64. The third-order valence-electron chi connectivity index (χ3n) is 4.10. The summed E-state index contributed by atoms with van der Waals surface area (Å²) in [6.45, 7) is 8.69. The van der Waals surface area contributed by atoms with Crippen LogP contribution >= 0.6 is 12.4 Å². The Balaban J connectivity index is 0.000000980. The fraction of sp³-hybridized carbons (Fsp3) is 1.00. The SMILES string of the molecule is CCCCCC12CC1CN(CC)C2.Cl. The van der Waals surface area contributed by atoms with Crippen LogP contribution in [0.3, 0.4) is 0 Å². The lowest BCUT2D eigenvalue weighted by Crippen LogP contribution is -2.24. The van der Waals surface area contributed by atoms with Crippen LogP contribution in [-0.2, 0) is 0 Å². The number of fused-ring (bicyclic) bond motifs is 1. The third kappa shape index (κ3) is 2.25. The van der Waals surface area contributed by atoms with Gasteiger partial charge < -0.3 is 4.90 Å². The lowest BCUT2D eigenvalue weighted by Gasteiger charge is -2.18. The molecule has 1 saturated carbocycles. The molecule has 0 aromatic carbocycles.